The lowest BCUT2D eigenvalue weighted by atomic mass is 10.1. The lowest BCUT2D eigenvalue weighted by Gasteiger charge is -2.21. The summed E-state index contributed by atoms with van der Waals surface area (Å²) in [6.45, 7) is 5.93. The molecule has 6 nitrogen and oxygen atoms in total. The van der Waals surface area contributed by atoms with Crippen molar-refractivity contribution in [2.75, 3.05) is 25.0 Å². The van der Waals surface area contributed by atoms with Crippen molar-refractivity contribution in [1.29, 1.82) is 0 Å². The fraction of sp³-hybridized carbons (Fsp3) is 0.412. The van der Waals surface area contributed by atoms with Gasteiger partial charge in [-0.05, 0) is 31.0 Å². The first-order valence-electron chi connectivity index (χ1n) is 7.89. The molecular formula is C17H24N4O2. The number of carbonyl (C=O) groups excluding carboxylic acids is 1. The van der Waals surface area contributed by atoms with Gasteiger partial charge < -0.3 is 20.4 Å². The van der Waals surface area contributed by atoms with Gasteiger partial charge in [-0.2, -0.15) is 0 Å². The molecule has 0 aliphatic carbocycles. The van der Waals surface area contributed by atoms with Crippen LogP contribution in [0.15, 0.2) is 41.3 Å². The molecular weight excluding hydrogens is 292 g/mol. The van der Waals surface area contributed by atoms with Gasteiger partial charge in [0.2, 0.25) is 5.76 Å². The summed E-state index contributed by atoms with van der Waals surface area (Å²) in [4.78, 5) is 17.9. The van der Waals surface area contributed by atoms with Gasteiger partial charge in [0.15, 0.2) is 6.39 Å². The Hall–Kier alpha value is -2.34. The van der Waals surface area contributed by atoms with Gasteiger partial charge >= 0.3 is 0 Å². The van der Waals surface area contributed by atoms with Crippen LogP contribution in [0, 0.1) is 0 Å². The predicted octanol–water partition coefficient (Wildman–Crippen LogP) is 2.66. The fourth-order valence-corrected chi connectivity index (χ4v) is 2.33. The van der Waals surface area contributed by atoms with E-state index in [0.717, 1.165) is 17.7 Å². The summed E-state index contributed by atoms with van der Waals surface area (Å²) < 4.78 is 5.09. The second-order valence-electron chi connectivity index (χ2n) is 5.50. The number of amides is 1. The van der Waals surface area contributed by atoms with E-state index in [9.17, 15) is 4.79 Å². The van der Waals surface area contributed by atoms with E-state index < -0.39 is 0 Å². The van der Waals surface area contributed by atoms with Crippen molar-refractivity contribution in [1.82, 2.24) is 9.88 Å². The largest absolute Gasteiger partial charge is 0.438 e. The van der Waals surface area contributed by atoms with Crippen molar-refractivity contribution in [3.8, 4) is 0 Å². The molecule has 1 aromatic heterocycles. The number of aromatic nitrogens is 1. The van der Waals surface area contributed by atoms with Crippen molar-refractivity contribution < 1.29 is 9.21 Å². The zero-order valence-corrected chi connectivity index (χ0v) is 13.7. The summed E-state index contributed by atoms with van der Waals surface area (Å²) in [6.07, 6.45) is 3.61. The van der Waals surface area contributed by atoms with Crippen LogP contribution in [0.25, 0.3) is 0 Å². The molecule has 0 fully saturated rings. The topological polar surface area (TPSA) is 84.4 Å². The molecule has 1 aromatic carbocycles. The maximum absolute atomic E-state index is 12.3. The Balaban J connectivity index is 1.92. The molecule has 0 radical (unpaired) electrons. The first-order chi connectivity index (χ1) is 11.1. The molecule has 124 valence electrons. The van der Waals surface area contributed by atoms with E-state index >= 15 is 0 Å². The number of hydrogen-bond donors (Lipinski definition) is 2. The lowest BCUT2D eigenvalue weighted by molar-refractivity contribution is 0.0730. The van der Waals surface area contributed by atoms with Gasteiger partial charge in [0, 0.05) is 31.4 Å². The molecule has 0 saturated carbocycles. The first kappa shape index (κ1) is 17.0. The van der Waals surface area contributed by atoms with Crippen LogP contribution >= 0.6 is 0 Å². The summed E-state index contributed by atoms with van der Waals surface area (Å²) in [5, 5.41) is 3.33. The number of nitrogens with zero attached hydrogens (tertiary/aromatic N) is 2. The fourth-order valence-electron chi connectivity index (χ4n) is 2.33. The van der Waals surface area contributed by atoms with Gasteiger partial charge in [0.25, 0.3) is 5.91 Å². The summed E-state index contributed by atoms with van der Waals surface area (Å²) in [7, 11) is 0. The number of oxazole rings is 1. The zero-order chi connectivity index (χ0) is 16.7. The second-order valence-corrected chi connectivity index (χ2v) is 5.50. The van der Waals surface area contributed by atoms with Gasteiger partial charge in [0.1, 0.15) is 0 Å². The molecule has 1 amide bonds. The van der Waals surface area contributed by atoms with Crippen LogP contribution in [0.1, 0.15) is 42.4 Å². The molecule has 0 spiro atoms. The summed E-state index contributed by atoms with van der Waals surface area (Å²) in [5.74, 6) is 0.146. The van der Waals surface area contributed by atoms with Crippen LogP contribution in [-0.2, 0) is 0 Å². The number of benzene rings is 1. The Labute approximate surface area is 136 Å². The standard InChI is InChI=1S/C17H24N4O2/c1-3-8-21(17(22)16-11-19-12-23-16)9-7-20-15-6-4-5-14(10-15)13(2)18/h4-6,10-13,20H,3,7-9,18H2,1-2H3. The van der Waals surface area contributed by atoms with Crippen molar-refractivity contribution in [2.45, 2.75) is 26.3 Å². The van der Waals surface area contributed by atoms with Gasteiger partial charge in [-0.15, -0.1) is 0 Å². The average molecular weight is 316 g/mol. The molecule has 1 heterocycles. The maximum Gasteiger partial charge on any atom is 0.291 e. The smallest absolute Gasteiger partial charge is 0.291 e. The normalized spacial score (nSPS) is 12.0. The molecule has 2 aromatic rings. The number of nitrogens with one attached hydrogen (secondary N) is 1. The third-order valence-electron chi connectivity index (χ3n) is 3.55. The van der Waals surface area contributed by atoms with E-state index in [0.29, 0.717) is 19.6 Å². The highest BCUT2D eigenvalue weighted by Gasteiger charge is 2.17. The van der Waals surface area contributed by atoms with Gasteiger partial charge in [-0.25, -0.2) is 4.98 Å². The molecule has 0 aliphatic rings. The quantitative estimate of drug-likeness (QED) is 0.782. The minimum atomic E-state index is -0.129. The average Bonchev–Trinajstić information content (AvgIpc) is 3.08. The maximum atomic E-state index is 12.3. The molecule has 6 heteroatoms. The van der Waals surface area contributed by atoms with Gasteiger partial charge in [0.05, 0.1) is 6.20 Å². The van der Waals surface area contributed by atoms with Gasteiger partial charge in [-0.1, -0.05) is 19.1 Å². The number of hydrogen-bond acceptors (Lipinski definition) is 5. The summed E-state index contributed by atoms with van der Waals surface area (Å²) in [5.41, 5.74) is 7.98. The molecule has 0 aliphatic heterocycles. The molecule has 1 unspecified atom stereocenters. The molecule has 0 saturated heterocycles. The third-order valence-corrected chi connectivity index (χ3v) is 3.55. The van der Waals surface area contributed by atoms with Crippen LogP contribution in [0.2, 0.25) is 0 Å². The van der Waals surface area contributed by atoms with E-state index in [1.54, 1.807) is 4.90 Å². The van der Waals surface area contributed by atoms with Gasteiger partial charge in [-0.3, -0.25) is 4.79 Å². The third kappa shape index (κ3) is 4.82. The van der Waals surface area contributed by atoms with Crippen LogP contribution in [0.4, 0.5) is 5.69 Å². The molecule has 0 bridgehead atoms. The molecule has 3 N–H and O–H groups in total. The van der Waals surface area contributed by atoms with E-state index in [4.69, 9.17) is 10.2 Å². The minimum Gasteiger partial charge on any atom is -0.438 e. The Bertz CT molecular complexity index is 611. The Morgan fingerprint density at radius 1 is 1.43 bits per heavy atom. The highest BCUT2D eigenvalue weighted by atomic mass is 16.3. The van der Waals surface area contributed by atoms with Crippen molar-refractivity contribution in [2.24, 2.45) is 5.73 Å². The van der Waals surface area contributed by atoms with Crippen LogP contribution in [-0.4, -0.2) is 35.4 Å². The molecule has 23 heavy (non-hydrogen) atoms. The number of anilines is 1. The highest BCUT2D eigenvalue weighted by Crippen LogP contribution is 2.15. The molecule has 1 atom stereocenters. The minimum absolute atomic E-state index is 0.00127. The lowest BCUT2D eigenvalue weighted by Crippen LogP contribution is -2.35. The SMILES string of the molecule is CCCN(CCNc1cccc(C(C)N)c1)C(=O)c1cnco1. The summed E-state index contributed by atoms with van der Waals surface area (Å²) >= 11 is 0. The highest BCUT2D eigenvalue weighted by molar-refractivity contribution is 5.91. The Morgan fingerprint density at radius 3 is 2.91 bits per heavy atom. The van der Waals surface area contributed by atoms with Crippen molar-refractivity contribution >= 4 is 11.6 Å². The van der Waals surface area contributed by atoms with Crippen LogP contribution in [0.5, 0.6) is 0 Å². The van der Waals surface area contributed by atoms with Crippen LogP contribution < -0.4 is 11.1 Å². The van der Waals surface area contributed by atoms with E-state index in [2.05, 4.69) is 10.3 Å². The Morgan fingerprint density at radius 2 is 2.26 bits per heavy atom. The van der Waals surface area contributed by atoms with E-state index in [1.807, 2.05) is 38.1 Å². The summed E-state index contributed by atoms with van der Waals surface area (Å²) in [6, 6.07) is 8.01. The molecule has 2 rings (SSSR count). The number of carbonyl (C=O) groups is 1. The first-order valence-corrected chi connectivity index (χ1v) is 7.89. The predicted molar refractivity (Wildman–Crippen MR) is 90.2 cm³/mol. The number of rotatable bonds is 8. The van der Waals surface area contributed by atoms with Crippen molar-refractivity contribution in [3.63, 3.8) is 0 Å². The van der Waals surface area contributed by atoms with E-state index in [1.165, 1.54) is 12.6 Å². The second kappa shape index (κ2) is 8.33. The van der Waals surface area contributed by atoms with Crippen molar-refractivity contribution in [3.05, 3.63) is 48.2 Å². The monoisotopic (exact) mass is 316 g/mol. The zero-order valence-electron chi connectivity index (χ0n) is 13.7. The van der Waals surface area contributed by atoms with E-state index in [-0.39, 0.29) is 17.7 Å². The number of nitrogens with two attached hydrogens (primary N) is 1. The Kier molecular flexibility index (Phi) is 6.17. The van der Waals surface area contributed by atoms with Crippen LogP contribution in [0.3, 0.4) is 0 Å².